The summed E-state index contributed by atoms with van der Waals surface area (Å²) in [4.78, 5) is 8.73. The molecule has 0 spiro atoms. The third kappa shape index (κ3) is 5.90. The minimum Gasteiger partial charge on any atom is -0.236 e. The number of hydrogen-bond acceptors (Lipinski definition) is 3. The fraction of sp³-hybridized carbons (Fsp3) is 0.444. The van der Waals surface area contributed by atoms with Crippen molar-refractivity contribution in [2.24, 2.45) is 0 Å². The van der Waals surface area contributed by atoms with Crippen LogP contribution in [0.5, 0.6) is 0 Å². The topological polar surface area (TPSA) is 25.8 Å². The summed E-state index contributed by atoms with van der Waals surface area (Å²) in [5.41, 5.74) is 1.67. The second-order valence-corrected chi connectivity index (χ2v) is 6.41. The van der Waals surface area contributed by atoms with Crippen LogP contribution in [0.25, 0.3) is 11.4 Å². The highest BCUT2D eigenvalue weighted by Gasteiger charge is 2.14. The van der Waals surface area contributed by atoms with Crippen molar-refractivity contribution in [1.82, 2.24) is 9.97 Å². The molecule has 1 heterocycles. The van der Waals surface area contributed by atoms with Crippen molar-refractivity contribution >= 4 is 11.8 Å². The molecule has 1 aromatic heterocycles. The van der Waals surface area contributed by atoms with Crippen LogP contribution >= 0.6 is 11.8 Å². The molecule has 0 N–H and O–H groups in total. The lowest BCUT2D eigenvalue weighted by molar-refractivity contribution is 0.251. The molecule has 124 valence electrons. The van der Waals surface area contributed by atoms with E-state index in [0.29, 0.717) is 22.6 Å². The normalized spacial score (nSPS) is 11.1. The molecule has 0 aliphatic carbocycles. The summed E-state index contributed by atoms with van der Waals surface area (Å²) >= 11 is 0.518. The van der Waals surface area contributed by atoms with Gasteiger partial charge in [0.25, 0.3) is 5.76 Å². The van der Waals surface area contributed by atoms with E-state index in [1.54, 1.807) is 6.20 Å². The predicted octanol–water partition coefficient (Wildman–Crippen LogP) is 5.97. The fourth-order valence-electron chi connectivity index (χ4n) is 2.39. The average molecular weight is 336 g/mol. The monoisotopic (exact) mass is 336 g/mol. The number of hydrogen-bond donors (Lipinski definition) is 0. The van der Waals surface area contributed by atoms with Gasteiger partial charge in [-0.3, -0.25) is 0 Å². The quantitative estimate of drug-likeness (QED) is 0.320. The molecule has 0 bridgehead atoms. The average Bonchev–Trinajstić information content (AvgIpc) is 2.56. The number of unbranched alkanes of at least 4 members (excludes halogenated alkanes) is 4. The standard InChI is InChI=1S/C18H22F2N2S/c1-2-3-4-5-7-12-15-13-21-16(14-10-8-6-9-11-14)22-17(15)23-18(19)20/h6,8-11,13,18H,2-5,7,12H2,1H3. The van der Waals surface area contributed by atoms with E-state index in [-0.39, 0.29) is 0 Å². The summed E-state index contributed by atoms with van der Waals surface area (Å²) in [7, 11) is 0. The predicted molar refractivity (Wildman–Crippen MR) is 91.8 cm³/mol. The SMILES string of the molecule is CCCCCCCc1cnc(-c2ccccc2)nc1SC(F)F. The molecule has 0 unspecified atom stereocenters. The number of aryl methyl sites for hydroxylation is 1. The number of rotatable bonds is 9. The van der Waals surface area contributed by atoms with Gasteiger partial charge in [-0.1, -0.05) is 62.9 Å². The van der Waals surface area contributed by atoms with Crippen LogP contribution in [0, 0.1) is 0 Å². The summed E-state index contributed by atoms with van der Waals surface area (Å²) < 4.78 is 25.7. The van der Waals surface area contributed by atoms with Crippen LogP contribution in [0.3, 0.4) is 0 Å². The molecule has 23 heavy (non-hydrogen) atoms. The minimum atomic E-state index is -2.47. The Hall–Kier alpha value is -1.49. The van der Waals surface area contributed by atoms with Gasteiger partial charge in [0.2, 0.25) is 0 Å². The van der Waals surface area contributed by atoms with Crippen molar-refractivity contribution in [1.29, 1.82) is 0 Å². The van der Waals surface area contributed by atoms with Crippen LogP contribution in [-0.2, 0) is 6.42 Å². The van der Waals surface area contributed by atoms with Gasteiger partial charge >= 0.3 is 0 Å². The maximum atomic E-state index is 12.8. The first-order valence-corrected chi connectivity index (χ1v) is 8.94. The van der Waals surface area contributed by atoms with Crippen LogP contribution in [-0.4, -0.2) is 15.7 Å². The van der Waals surface area contributed by atoms with E-state index < -0.39 is 5.76 Å². The van der Waals surface area contributed by atoms with Crippen LogP contribution in [0.15, 0.2) is 41.6 Å². The molecule has 0 saturated carbocycles. The summed E-state index contributed by atoms with van der Waals surface area (Å²) in [5, 5.41) is 0.407. The lowest BCUT2D eigenvalue weighted by Gasteiger charge is -2.10. The van der Waals surface area contributed by atoms with Crippen LogP contribution in [0.4, 0.5) is 8.78 Å². The molecule has 1 aromatic carbocycles. The van der Waals surface area contributed by atoms with Gasteiger partial charge in [-0.15, -0.1) is 0 Å². The molecule has 0 atom stereocenters. The van der Waals surface area contributed by atoms with Crippen molar-refractivity contribution in [2.75, 3.05) is 0 Å². The zero-order valence-electron chi connectivity index (χ0n) is 13.3. The zero-order valence-corrected chi connectivity index (χ0v) is 14.2. The molecule has 2 rings (SSSR count). The summed E-state index contributed by atoms with van der Waals surface area (Å²) in [5.74, 6) is -1.96. The molecule has 5 heteroatoms. The number of aromatic nitrogens is 2. The van der Waals surface area contributed by atoms with Gasteiger partial charge in [0.1, 0.15) is 5.03 Å². The largest absolute Gasteiger partial charge is 0.290 e. The van der Waals surface area contributed by atoms with E-state index in [2.05, 4.69) is 16.9 Å². The Morgan fingerprint density at radius 1 is 1.04 bits per heavy atom. The van der Waals surface area contributed by atoms with Gasteiger partial charge < -0.3 is 0 Å². The Labute approximate surface area is 140 Å². The van der Waals surface area contributed by atoms with Crippen molar-refractivity contribution in [3.8, 4) is 11.4 Å². The van der Waals surface area contributed by atoms with Crippen LogP contribution in [0.1, 0.15) is 44.6 Å². The molecule has 0 amide bonds. The Morgan fingerprint density at radius 3 is 2.48 bits per heavy atom. The van der Waals surface area contributed by atoms with E-state index in [0.717, 1.165) is 30.4 Å². The summed E-state index contributed by atoms with van der Waals surface area (Å²) in [6, 6.07) is 9.46. The van der Waals surface area contributed by atoms with E-state index in [1.807, 2.05) is 30.3 Å². The second kappa shape index (κ2) is 9.60. The van der Waals surface area contributed by atoms with E-state index in [1.165, 1.54) is 19.3 Å². The lowest BCUT2D eigenvalue weighted by atomic mass is 10.1. The van der Waals surface area contributed by atoms with Gasteiger partial charge in [0.15, 0.2) is 5.82 Å². The highest BCUT2D eigenvalue weighted by atomic mass is 32.2. The highest BCUT2D eigenvalue weighted by molar-refractivity contribution is 7.99. The Balaban J connectivity index is 2.11. The molecule has 0 fully saturated rings. The summed E-state index contributed by atoms with van der Waals surface area (Å²) in [6.45, 7) is 2.17. The highest BCUT2D eigenvalue weighted by Crippen LogP contribution is 2.29. The first-order chi connectivity index (χ1) is 11.2. The van der Waals surface area contributed by atoms with E-state index >= 15 is 0 Å². The maximum absolute atomic E-state index is 12.8. The van der Waals surface area contributed by atoms with Gasteiger partial charge in [-0.2, -0.15) is 8.78 Å². The van der Waals surface area contributed by atoms with Gasteiger partial charge in [0, 0.05) is 17.3 Å². The van der Waals surface area contributed by atoms with Crippen molar-refractivity contribution in [3.05, 3.63) is 42.1 Å². The van der Waals surface area contributed by atoms with Gasteiger partial charge in [-0.25, -0.2) is 9.97 Å². The molecule has 2 aromatic rings. The molecular formula is C18H22F2N2S. The molecule has 2 nitrogen and oxygen atoms in total. The van der Waals surface area contributed by atoms with Gasteiger partial charge in [0.05, 0.1) is 0 Å². The van der Waals surface area contributed by atoms with E-state index in [4.69, 9.17) is 0 Å². The molecule has 0 saturated heterocycles. The third-order valence-corrected chi connectivity index (χ3v) is 4.36. The first-order valence-electron chi connectivity index (χ1n) is 8.07. The second-order valence-electron chi connectivity index (χ2n) is 5.43. The van der Waals surface area contributed by atoms with Crippen molar-refractivity contribution < 1.29 is 8.78 Å². The number of halogens is 2. The Kier molecular flexibility index (Phi) is 7.46. The number of thioether (sulfide) groups is 1. The fourth-order valence-corrected chi connectivity index (χ4v) is 3.01. The number of nitrogens with zero attached hydrogens (tertiary/aromatic N) is 2. The van der Waals surface area contributed by atoms with Crippen LogP contribution < -0.4 is 0 Å². The first kappa shape index (κ1) is 17.9. The summed E-state index contributed by atoms with van der Waals surface area (Å²) in [6.07, 6.45) is 8.19. The maximum Gasteiger partial charge on any atom is 0.290 e. The lowest BCUT2D eigenvalue weighted by Crippen LogP contribution is -1.99. The van der Waals surface area contributed by atoms with E-state index in [9.17, 15) is 8.78 Å². The molecule has 0 aliphatic heterocycles. The molecular weight excluding hydrogens is 314 g/mol. The zero-order chi connectivity index (χ0) is 16.5. The number of alkyl halides is 2. The van der Waals surface area contributed by atoms with Gasteiger partial charge in [-0.05, 0) is 24.6 Å². The minimum absolute atomic E-state index is 0.407. The Morgan fingerprint density at radius 2 is 1.78 bits per heavy atom. The third-order valence-electron chi connectivity index (χ3n) is 3.61. The smallest absolute Gasteiger partial charge is 0.236 e. The number of benzene rings is 1. The van der Waals surface area contributed by atoms with Crippen molar-refractivity contribution in [2.45, 2.75) is 56.2 Å². The Bertz CT molecular complexity index is 591. The molecule has 0 radical (unpaired) electrons. The van der Waals surface area contributed by atoms with Crippen molar-refractivity contribution in [3.63, 3.8) is 0 Å². The molecule has 0 aliphatic rings. The van der Waals surface area contributed by atoms with Crippen LogP contribution in [0.2, 0.25) is 0 Å².